The molecule has 0 spiro atoms. The molecule has 0 bridgehead atoms. The Kier molecular flexibility index (Phi) is 5.47. The van der Waals surface area contributed by atoms with Gasteiger partial charge < -0.3 is 0 Å². The molecule has 0 atom stereocenters. The lowest BCUT2D eigenvalue weighted by atomic mass is 10.2. The molecule has 0 amide bonds. The molecule has 0 aliphatic carbocycles. The summed E-state index contributed by atoms with van der Waals surface area (Å²) in [5.74, 6) is 0.301. The molecule has 0 aromatic rings. The van der Waals surface area contributed by atoms with Crippen molar-refractivity contribution in [3.05, 3.63) is 0 Å². The molecule has 0 aliphatic heterocycles. The van der Waals surface area contributed by atoms with Gasteiger partial charge in [-0.1, -0.05) is 13.8 Å². The fourth-order valence-electron chi connectivity index (χ4n) is 0.182. The van der Waals surface area contributed by atoms with E-state index in [1.807, 2.05) is 36.4 Å². The second-order valence-electron chi connectivity index (χ2n) is 1.81. The van der Waals surface area contributed by atoms with Crippen molar-refractivity contribution in [2.24, 2.45) is 10.3 Å². The first-order chi connectivity index (χ1) is 4.18. The highest BCUT2D eigenvalue weighted by Crippen LogP contribution is 2.11. The number of nitrogens with zero attached hydrogens (tertiary/aromatic N) is 1. The van der Waals surface area contributed by atoms with Crippen molar-refractivity contribution in [2.75, 3.05) is 0 Å². The first kappa shape index (κ1) is 9.42. The Bertz CT molecular complexity index is 122. The van der Waals surface area contributed by atoms with Gasteiger partial charge in [-0.05, 0) is 22.6 Å². The molecule has 0 saturated heterocycles. The van der Waals surface area contributed by atoms with Gasteiger partial charge in [0.1, 0.15) is 0 Å². The molecular formula is C5H9IN2S. The molecule has 0 aromatic carbocycles. The highest BCUT2D eigenvalue weighted by molar-refractivity contribution is 14.1. The van der Waals surface area contributed by atoms with E-state index in [9.17, 15) is 0 Å². The zero-order valence-electron chi connectivity index (χ0n) is 5.39. The molecule has 52 valence electrons. The minimum atomic E-state index is 0.301. The monoisotopic (exact) mass is 256 g/mol. The molecule has 0 saturated carbocycles. The van der Waals surface area contributed by atoms with Gasteiger partial charge in [-0.25, -0.2) is 4.40 Å². The predicted octanol–water partition coefficient (Wildman–Crippen LogP) is 2.73. The van der Waals surface area contributed by atoms with E-state index >= 15 is 0 Å². The van der Waals surface area contributed by atoms with Crippen LogP contribution in [0.3, 0.4) is 0 Å². The molecule has 1 N–H and O–H groups in total. The van der Waals surface area contributed by atoms with Crippen LogP contribution in [0.5, 0.6) is 0 Å². The smallest absolute Gasteiger partial charge is 0.0895 e. The molecule has 0 rings (SSSR count). The summed E-state index contributed by atoms with van der Waals surface area (Å²) in [6, 6.07) is 0. The summed E-state index contributed by atoms with van der Waals surface area (Å²) in [5, 5.41) is 7.91. The molecule has 0 aliphatic rings. The van der Waals surface area contributed by atoms with Crippen molar-refractivity contribution in [3.63, 3.8) is 0 Å². The SMILES string of the molecule is CC(C)C(=N)SN=CI. The lowest BCUT2D eigenvalue weighted by Crippen LogP contribution is -1.97. The van der Waals surface area contributed by atoms with E-state index in [0.29, 0.717) is 11.0 Å². The maximum Gasteiger partial charge on any atom is 0.0895 e. The molecule has 2 nitrogen and oxygen atoms in total. The van der Waals surface area contributed by atoms with Crippen LogP contribution in [0.4, 0.5) is 0 Å². The average molecular weight is 256 g/mol. The molecule has 0 unspecified atom stereocenters. The molecule has 0 radical (unpaired) electrons. The number of halogens is 1. The average Bonchev–Trinajstić information content (AvgIpc) is 1.82. The van der Waals surface area contributed by atoms with Gasteiger partial charge >= 0.3 is 0 Å². The second kappa shape index (κ2) is 5.22. The van der Waals surface area contributed by atoms with Gasteiger partial charge in [-0.15, -0.1) is 0 Å². The molecule has 9 heavy (non-hydrogen) atoms. The first-order valence-electron chi connectivity index (χ1n) is 2.56. The van der Waals surface area contributed by atoms with E-state index in [1.165, 1.54) is 11.9 Å². The Labute approximate surface area is 73.3 Å². The quantitative estimate of drug-likeness (QED) is 0.350. The Balaban J connectivity index is 3.51. The normalized spacial score (nSPS) is 11.1. The van der Waals surface area contributed by atoms with Gasteiger partial charge in [0.15, 0.2) is 0 Å². The highest BCUT2D eigenvalue weighted by Gasteiger charge is 2.00. The van der Waals surface area contributed by atoms with E-state index in [-0.39, 0.29) is 0 Å². The van der Waals surface area contributed by atoms with Gasteiger partial charge in [0.05, 0.1) is 9.27 Å². The Hall–Kier alpha value is 0.420. The highest BCUT2D eigenvalue weighted by atomic mass is 127. The van der Waals surface area contributed by atoms with Crippen LogP contribution >= 0.6 is 34.5 Å². The van der Waals surface area contributed by atoms with Gasteiger partial charge in [0.25, 0.3) is 0 Å². The van der Waals surface area contributed by atoms with E-state index < -0.39 is 0 Å². The van der Waals surface area contributed by atoms with Crippen LogP contribution in [0.15, 0.2) is 4.40 Å². The fourth-order valence-corrected chi connectivity index (χ4v) is 0.887. The second-order valence-corrected chi connectivity index (χ2v) is 3.20. The summed E-state index contributed by atoms with van der Waals surface area (Å²) >= 11 is 3.26. The standard InChI is InChI=1S/C5H9IN2S/c1-4(2)5(7)9-8-3-6/h3-4,7H,1-2H3. The van der Waals surface area contributed by atoms with Crippen molar-refractivity contribution >= 4 is 43.8 Å². The molecule has 0 fully saturated rings. The lowest BCUT2D eigenvalue weighted by Gasteiger charge is -1.99. The van der Waals surface area contributed by atoms with E-state index in [1.54, 1.807) is 4.22 Å². The van der Waals surface area contributed by atoms with Crippen LogP contribution in [-0.2, 0) is 0 Å². The Morgan fingerprint density at radius 3 is 2.67 bits per heavy atom. The van der Waals surface area contributed by atoms with Gasteiger partial charge in [-0.3, -0.25) is 5.41 Å². The Morgan fingerprint density at radius 1 is 1.78 bits per heavy atom. The van der Waals surface area contributed by atoms with E-state index in [0.717, 1.165) is 0 Å². The van der Waals surface area contributed by atoms with Crippen LogP contribution in [0, 0.1) is 11.3 Å². The third-order valence-electron chi connectivity index (χ3n) is 0.715. The summed E-state index contributed by atoms with van der Waals surface area (Å²) in [5.41, 5.74) is 0. The fraction of sp³-hybridized carbons (Fsp3) is 0.600. The van der Waals surface area contributed by atoms with Gasteiger partial charge in [-0.2, -0.15) is 0 Å². The zero-order valence-corrected chi connectivity index (χ0v) is 8.36. The third kappa shape index (κ3) is 4.90. The molecule has 0 aromatic heterocycles. The molecular weight excluding hydrogens is 247 g/mol. The van der Waals surface area contributed by atoms with Crippen molar-refractivity contribution in [2.45, 2.75) is 13.8 Å². The van der Waals surface area contributed by atoms with Crippen molar-refractivity contribution in [1.82, 2.24) is 0 Å². The summed E-state index contributed by atoms with van der Waals surface area (Å²) in [4.78, 5) is 0. The van der Waals surface area contributed by atoms with Crippen LogP contribution in [0.2, 0.25) is 0 Å². The number of nitrogens with one attached hydrogen (secondary N) is 1. The van der Waals surface area contributed by atoms with Crippen molar-refractivity contribution in [3.8, 4) is 0 Å². The van der Waals surface area contributed by atoms with E-state index in [2.05, 4.69) is 4.40 Å². The largest absolute Gasteiger partial charge is 0.296 e. The van der Waals surface area contributed by atoms with Crippen LogP contribution in [-0.4, -0.2) is 9.27 Å². The molecule has 0 heterocycles. The molecule has 4 heteroatoms. The third-order valence-corrected chi connectivity index (χ3v) is 2.25. The minimum Gasteiger partial charge on any atom is -0.296 e. The number of rotatable bonds is 2. The number of hydrogen-bond acceptors (Lipinski definition) is 3. The number of hydrogen-bond donors (Lipinski definition) is 1. The van der Waals surface area contributed by atoms with Crippen molar-refractivity contribution < 1.29 is 0 Å². The minimum absolute atomic E-state index is 0.301. The predicted molar refractivity (Wildman–Crippen MR) is 52.7 cm³/mol. The summed E-state index contributed by atoms with van der Waals surface area (Å²) in [6.07, 6.45) is 0. The zero-order chi connectivity index (χ0) is 7.28. The van der Waals surface area contributed by atoms with Crippen molar-refractivity contribution in [1.29, 1.82) is 5.41 Å². The summed E-state index contributed by atoms with van der Waals surface area (Å²) in [6.45, 7) is 3.97. The van der Waals surface area contributed by atoms with E-state index in [4.69, 9.17) is 5.41 Å². The van der Waals surface area contributed by atoms with Gasteiger partial charge in [0, 0.05) is 17.9 Å². The maximum absolute atomic E-state index is 7.29. The summed E-state index contributed by atoms with van der Waals surface area (Å²) < 4.78 is 5.51. The maximum atomic E-state index is 7.29. The topological polar surface area (TPSA) is 36.2 Å². The Morgan fingerprint density at radius 2 is 2.33 bits per heavy atom. The van der Waals surface area contributed by atoms with Gasteiger partial charge in [0.2, 0.25) is 0 Å². The first-order valence-corrected chi connectivity index (χ1v) is 4.58. The van der Waals surface area contributed by atoms with Crippen LogP contribution in [0.1, 0.15) is 13.8 Å². The summed E-state index contributed by atoms with van der Waals surface area (Å²) in [7, 11) is 0. The van der Waals surface area contributed by atoms with Crippen LogP contribution in [0.25, 0.3) is 0 Å². The van der Waals surface area contributed by atoms with Crippen LogP contribution < -0.4 is 0 Å². The lowest BCUT2D eigenvalue weighted by molar-refractivity contribution is 0.894.